The van der Waals surface area contributed by atoms with Crippen LogP contribution in [0.15, 0.2) is 40.9 Å². The largest absolute Gasteiger partial charge is 0.451 e. The second-order valence-electron chi connectivity index (χ2n) is 5.58. The van der Waals surface area contributed by atoms with Crippen molar-refractivity contribution in [2.75, 3.05) is 29.9 Å². The molecule has 7 nitrogen and oxygen atoms in total. The molecular weight excluding hydrogens is 388 g/mol. The van der Waals surface area contributed by atoms with E-state index in [1.54, 1.807) is 30.3 Å². The van der Waals surface area contributed by atoms with Gasteiger partial charge in [0.1, 0.15) is 0 Å². The fraction of sp³-hybridized carbons (Fsp3) is 0.294. The van der Waals surface area contributed by atoms with Gasteiger partial charge < -0.3 is 15.0 Å². The van der Waals surface area contributed by atoms with Crippen LogP contribution < -0.4 is 10.2 Å². The van der Waals surface area contributed by atoms with Crippen LogP contribution in [-0.4, -0.2) is 41.8 Å². The number of halogens is 1. The fourth-order valence-electron chi connectivity index (χ4n) is 2.50. The minimum atomic E-state index is -0.678. The molecule has 1 fully saturated rings. The molecular formula is C17H17BrN4O3. The lowest BCUT2D eigenvalue weighted by atomic mass is 10.3. The summed E-state index contributed by atoms with van der Waals surface area (Å²) < 4.78 is 5.73. The molecule has 2 aromatic rings. The number of amides is 1. The monoisotopic (exact) mass is 404 g/mol. The van der Waals surface area contributed by atoms with Gasteiger partial charge in [0.05, 0.1) is 5.69 Å². The first kappa shape index (κ1) is 17.3. The van der Waals surface area contributed by atoms with E-state index >= 15 is 0 Å². The van der Waals surface area contributed by atoms with Crippen LogP contribution in [0.3, 0.4) is 0 Å². The van der Waals surface area contributed by atoms with Crippen molar-refractivity contribution >= 4 is 39.3 Å². The summed E-state index contributed by atoms with van der Waals surface area (Å²) in [4.78, 5) is 26.0. The van der Waals surface area contributed by atoms with Gasteiger partial charge in [0.15, 0.2) is 18.1 Å². The number of anilines is 2. The third kappa shape index (κ3) is 4.54. The number of ether oxygens (including phenoxy) is 1. The van der Waals surface area contributed by atoms with Crippen molar-refractivity contribution < 1.29 is 14.3 Å². The summed E-state index contributed by atoms with van der Waals surface area (Å²) in [6.07, 6.45) is 2.27. The number of esters is 1. The Kier molecular flexibility index (Phi) is 5.60. The number of hydrogen-bond acceptors (Lipinski definition) is 6. The Labute approximate surface area is 153 Å². The zero-order chi connectivity index (χ0) is 17.6. The maximum absolute atomic E-state index is 12.0. The van der Waals surface area contributed by atoms with E-state index < -0.39 is 18.5 Å². The average molecular weight is 405 g/mol. The van der Waals surface area contributed by atoms with Crippen LogP contribution in [0.25, 0.3) is 0 Å². The van der Waals surface area contributed by atoms with E-state index in [0.717, 1.165) is 36.2 Å². The highest BCUT2D eigenvalue weighted by Gasteiger charge is 2.16. The normalized spacial score (nSPS) is 13.6. The standard InChI is InChI=1S/C17H17BrN4O3/c18-12-5-1-2-6-13(12)19-16(23)11-25-17(24)14-7-8-15(21-20-14)22-9-3-4-10-22/h1-2,5-8H,3-4,9-11H2,(H,19,23). The summed E-state index contributed by atoms with van der Waals surface area (Å²) in [5.41, 5.74) is 0.690. The first-order valence-corrected chi connectivity index (χ1v) is 8.73. The van der Waals surface area contributed by atoms with E-state index in [4.69, 9.17) is 4.74 Å². The zero-order valence-corrected chi connectivity index (χ0v) is 15.0. The summed E-state index contributed by atoms with van der Waals surface area (Å²) in [5.74, 6) is -0.356. The summed E-state index contributed by atoms with van der Waals surface area (Å²) in [6.45, 7) is 1.51. The highest BCUT2D eigenvalue weighted by molar-refractivity contribution is 9.10. The van der Waals surface area contributed by atoms with Crippen LogP contribution in [0.1, 0.15) is 23.3 Å². The quantitative estimate of drug-likeness (QED) is 0.770. The molecule has 1 aliphatic heterocycles. The van der Waals surface area contributed by atoms with Gasteiger partial charge in [-0.25, -0.2) is 4.79 Å². The van der Waals surface area contributed by atoms with Gasteiger partial charge in [-0.2, -0.15) is 0 Å². The number of rotatable bonds is 5. The Morgan fingerprint density at radius 1 is 1.12 bits per heavy atom. The molecule has 0 radical (unpaired) electrons. The highest BCUT2D eigenvalue weighted by Crippen LogP contribution is 2.21. The smallest absolute Gasteiger partial charge is 0.359 e. The Bertz CT molecular complexity index is 761. The van der Waals surface area contributed by atoms with Crippen LogP contribution in [0.4, 0.5) is 11.5 Å². The third-order valence-corrected chi connectivity index (χ3v) is 4.46. The maximum atomic E-state index is 12.0. The van der Waals surface area contributed by atoms with Gasteiger partial charge in [-0.15, -0.1) is 10.2 Å². The molecule has 1 aromatic carbocycles. The van der Waals surface area contributed by atoms with Crippen molar-refractivity contribution in [3.63, 3.8) is 0 Å². The van der Waals surface area contributed by atoms with E-state index in [-0.39, 0.29) is 5.69 Å². The number of hydrogen-bond donors (Lipinski definition) is 1. The molecule has 2 heterocycles. The number of benzene rings is 1. The van der Waals surface area contributed by atoms with Crippen molar-refractivity contribution in [2.45, 2.75) is 12.8 Å². The van der Waals surface area contributed by atoms with Crippen molar-refractivity contribution in [1.82, 2.24) is 10.2 Å². The molecule has 3 rings (SSSR count). The van der Waals surface area contributed by atoms with E-state index in [1.165, 1.54) is 0 Å². The predicted molar refractivity (Wildman–Crippen MR) is 96.5 cm³/mol. The lowest BCUT2D eigenvalue weighted by molar-refractivity contribution is -0.119. The average Bonchev–Trinajstić information content (AvgIpc) is 3.16. The molecule has 1 amide bonds. The fourth-order valence-corrected chi connectivity index (χ4v) is 2.89. The van der Waals surface area contributed by atoms with Crippen LogP contribution >= 0.6 is 15.9 Å². The molecule has 1 saturated heterocycles. The van der Waals surface area contributed by atoms with E-state index in [1.807, 2.05) is 6.07 Å². The Balaban J connectivity index is 1.51. The molecule has 130 valence electrons. The summed E-state index contributed by atoms with van der Waals surface area (Å²) in [7, 11) is 0. The summed E-state index contributed by atoms with van der Waals surface area (Å²) >= 11 is 3.33. The van der Waals surface area contributed by atoms with Gasteiger partial charge in [-0.3, -0.25) is 4.79 Å². The van der Waals surface area contributed by atoms with Crippen molar-refractivity contribution in [1.29, 1.82) is 0 Å². The highest BCUT2D eigenvalue weighted by atomic mass is 79.9. The molecule has 8 heteroatoms. The number of nitrogens with zero attached hydrogens (tertiary/aromatic N) is 3. The first-order chi connectivity index (χ1) is 12.1. The number of carbonyl (C=O) groups is 2. The van der Waals surface area contributed by atoms with Crippen LogP contribution in [0.5, 0.6) is 0 Å². The van der Waals surface area contributed by atoms with Gasteiger partial charge >= 0.3 is 5.97 Å². The molecule has 0 unspecified atom stereocenters. The van der Waals surface area contributed by atoms with Crippen LogP contribution in [-0.2, 0) is 9.53 Å². The second-order valence-corrected chi connectivity index (χ2v) is 6.43. The van der Waals surface area contributed by atoms with Crippen molar-refractivity contribution in [3.05, 3.63) is 46.6 Å². The van der Waals surface area contributed by atoms with Crippen LogP contribution in [0.2, 0.25) is 0 Å². The van der Waals surface area contributed by atoms with Gasteiger partial charge in [-0.1, -0.05) is 12.1 Å². The van der Waals surface area contributed by atoms with Crippen molar-refractivity contribution in [2.24, 2.45) is 0 Å². The number of para-hydroxylation sites is 1. The number of nitrogens with one attached hydrogen (secondary N) is 1. The van der Waals surface area contributed by atoms with Gasteiger partial charge in [0.2, 0.25) is 0 Å². The molecule has 1 N–H and O–H groups in total. The number of carbonyl (C=O) groups excluding carboxylic acids is 2. The molecule has 0 bridgehead atoms. The van der Waals surface area contributed by atoms with Crippen molar-refractivity contribution in [3.8, 4) is 0 Å². The second kappa shape index (κ2) is 8.06. The van der Waals surface area contributed by atoms with Gasteiger partial charge in [0.25, 0.3) is 5.91 Å². The molecule has 25 heavy (non-hydrogen) atoms. The van der Waals surface area contributed by atoms with Gasteiger partial charge in [0, 0.05) is 17.6 Å². The summed E-state index contributed by atoms with van der Waals surface area (Å²) in [6, 6.07) is 10.5. The Hall–Kier alpha value is -2.48. The first-order valence-electron chi connectivity index (χ1n) is 7.93. The lowest BCUT2D eigenvalue weighted by Gasteiger charge is -2.15. The number of aromatic nitrogens is 2. The molecule has 1 aromatic heterocycles. The maximum Gasteiger partial charge on any atom is 0.359 e. The minimum Gasteiger partial charge on any atom is -0.451 e. The van der Waals surface area contributed by atoms with Crippen LogP contribution in [0, 0.1) is 0 Å². The molecule has 0 atom stereocenters. The topological polar surface area (TPSA) is 84.4 Å². The Morgan fingerprint density at radius 3 is 2.56 bits per heavy atom. The molecule has 1 aliphatic rings. The molecule has 0 saturated carbocycles. The summed E-state index contributed by atoms with van der Waals surface area (Å²) in [5, 5.41) is 10.6. The van der Waals surface area contributed by atoms with Gasteiger partial charge in [-0.05, 0) is 53.0 Å². The molecule has 0 spiro atoms. The lowest BCUT2D eigenvalue weighted by Crippen LogP contribution is -2.22. The van der Waals surface area contributed by atoms with E-state index in [2.05, 4.69) is 36.3 Å². The van der Waals surface area contributed by atoms with E-state index in [9.17, 15) is 9.59 Å². The third-order valence-electron chi connectivity index (χ3n) is 3.77. The minimum absolute atomic E-state index is 0.0802. The zero-order valence-electron chi connectivity index (χ0n) is 13.4. The predicted octanol–water partition coefficient (Wildman–Crippen LogP) is 2.63. The molecule has 0 aliphatic carbocycles. The Morgan fingerprint density at radius 2 is 1.88 bits per heavy atom. The SMILES string of the molecule is O=C(COC(=O)c1ccc(N2CCCC2)nn1)Nc1ccccc1Br. The van der Waals surface area contributed by atoms with E-state index in [0.29, 0.717) is 5.69 Å².